The van der Waals surface area contributed by atoms with Gasteiger partial charge in [-0.3, -0.25) is 0 Å². The van der Waals surface area contributed by atoms with Crippen LogP contribution in [0.1, 0.15) is 0 Å². The molecule has 8 rings (SSSR count). The summed E-state index contributed by atoms with van der Waals surface area (Å²) in [5.74, 6) is 0. The molecule has 0 bridgehead atoms. The van der Waals surface area contributed by atoms with Crippen molar-refractivity contribution in [3.05, 3.63) is 152 Å². The summed E-state index contributed by atoms with van der Waals surface area (Å²) in [6, 6.07) is 53.6. The molecule has 0 atom stereocenters. The molecule has 40 heavy (non-hydrogen) atoms. The first-order valence-electron chi connectivity index (χ1n) is 13.6. The van der Waals surface area contributed by atoms with Crippen LogP contribution >= 0.6 is 0 Å². The molecule has 0 saturated carbocycles. The molecule has 0 radical (unpaired) electrons. The second kappa shape index (κ2) is 9.14. The van der Waals surface area contributed by atoms with Crippen LogP contribution in [0.25, 0.3) is 54.6 Å². The Morgan fingerprint density at radius 1 is 0.450 bits per heavy atom. The molecule has 0 aliphatic rings. The zero-order chi connectivity index (χ0) is 26.5. The number of anilines is 3. The lowest BCUT2D eigenvalue weighted by Crippen LogP contribution is -2.11. The molecule has 0 N–H and O–H groups in total. The molecule has 0 spiro atoms. The van der Waals surface area contributed by atoms with Crippen LogP contribution in [-0.4, -0.2) is 0 Å². The van der Waals surface area contributed by atoms with Gasteiger partial charge in [0.05, 0.1) is 11.4 Å². The smallest absolute Gasteiger partial charge is 0.143 e. The van der Waals surface area contributed by atoms with E-state index in [-0.39, 0.29) is 0 Å². The quantitative estimate of drug-likeness (QED) is 0.234. The number of rotatable bonds is 4. The minimum atomic E-state index is 0.887. The van der Waals surface area contributed by atoms with Crippen molar-refractivity contribution in [2.75, 3.05) is 4.90 Å². The third kappa shape index (κ3) is 3.50. The van der Waals surface area contributed by atoms with Crippen LogP contribution in [0, 0.1) is 0 Å². The van der Waals surface area contributed by atoms with Crippen LogP contribution < -0.4 is 4.90 Å². The maximum absolute atomic E-state index is 6.72. The number of hydrogen-bond donors (Lipinski definition) is 0. The number of fused-ring (bicyclic) bond motifs is 7. The highest BCUT2D eigenvalue weighted by Gasteiger charge is 2.22. The van der Waals surface area contributed by atoms with Crippen LogP contribution in [0.4, 0.5) is 17.1 Å². The molecule has 0 unspecified atom stereocenters. The van der Waals surface area contributed by atoms with Gasteiger partial charge in [-0.2, -0.15) is 0 Å². The van der Waals surface area contributed by atoms with E-state index in [1.54, 1.807) is 0 Å². The maximum Gasteiger partial charge on any atom is 0.143 e. The van der Waals surface area contributed by atoms with Gasteiger partial charge in [0.25, 0.3) is 0 Å². The lowest BCUT2D eigenvalue weighted by Gasteiger charge is -2.29. The van der Waals surface area contributed by atoms with Crippen molar-refractivity contribution < 1.29 is 4.42 Å². The van der Waals surface area contributed by atoms with Gasteiger partial charge in [-0.05, 0) is 40.6 Å². The SMILES string of the molecule is c1ccc(-c2ccccc2N(c2ccccc2)c2cc3oc4c5ccccc5ccc4c3c3ccccc23)cc1. The van der Waals surface area contributed by atoms with Gasteiger partial charge in [0, 0.05) is 38.9 Å². The van der Waals surface area contributed by atoms with Crippen molar-refractivity contribution in [1.82, 2.24) is 0 Å². The monoisotopic (exact) mass is 511 g/mol. The fourth-order valence-electron chi connectivity index (χ4n) is 6.05. The molecule has 0 amide bonds. The molecule has 2 nitrogen and oxygen atoms in total. The predicted octanol–water partition coefficient (Wildman–Crippen LogP) is 11.0. The van der Waals surface area contributed by atoms with Gasteiger partial charge in [0.15, 0.2) is 0 Å². The fourth-order valence-corrected chi connectivity index (χ4v) is 6.05. The molecule has 8 aromatic rings. The fraction of sp³-hybridized carbons (Fsp3) is 0. The molecular weight excluding hydrogens is 486 g/mol. The summed E-state index contributed by atoms with van der Waals surface area (Å²) >= 11 is 0. The van der Waals surface area contributed by atoms with Gasteiger partial charge < -0.3 is 9.32 Å². The summed E-state index contributed by atoms with van der Waals surface area (Å²) in [5.41, 5.74) is 7.47. The zero-order valence-corrected chi connectivity index (χ0v) is 21.8. The number of para-hydroxylation sites is 2. The minimum absolute atomic E-state index is 0.887. The van der Waals surface area contributed by atoms with E-state index in [1.165, 1.54) is 27.3 Å². The van der Waals surface area contributed by atoms with E-state index in [0.717, 1.165) is 44.4 Å². The van der Waals surface area contributed by atoms with Crippen LogP contribution in [0.5, 0.6) is 0 Å². The van der Waals surface area contributed by atoms with Gasteiger partial charge >= 0.3 is 0 Å². The highest BCUT2D eigenvalue weighted by atomic mass is 16.3. The van der Waals surface area contributed by atoms with Crippen molar-refractivity contribution in [1.29, 1.82) is 0 Å². The van der Waals surface area contributed by atoms with Gasteiger partial charge in [-0.25, -0.2) is 0 Å². The lowest BCUT2D eigenvalue weighted by molar-refractivity contribution is 0.673. The van der Waals surface area contributed by atoms with E-state index >= 15 is 0 Å². The summed E-state index contributed by atoms with van der Waals surface area (Å²) in [6.45, 7) is 0. The largest absolute Gasteiger partial charge is 0.455 e. The van der Waals surface area contributed by atoms with Gasteiger partial charge in [0.2, 0.25) is 0 Å². The van der Waals surface area contributed by atoms with Crippen molar-refractivity contribution in [3.63, 3.8) is 0 Å². The Labute approximate surface area is 232 Å². The number of hydrogen-bond acceptors (Lipinski definition) is 2. The molecule has 2 heteroatoms. The molecule has 0 saturated heterocycles. The topological polar surface area (TPSA) is 16.4 Å². The molecule has 7 aromatic carbocycles. The van der Waals surface area contributed by atoms with E-state index in [0.29, 0.717) is 0 Å². The van der Waals surface area contributed by atoms with Gasteiger partial charge in [-0.15, -0.1) is 0 Å². The second-order valence-corrected chi connectivity index (χ2v) is 10.1. The van der Waals surface area contributed by atoms with Gasteiger partial charge in [-0.1, -0.05) is 121 Å². The average Bonchev–Trinajstić information content (AvgIpc) is 3.42. The summed E-state index contributed by atoms with van der Waals surface area (Å²) in [5, 5.41) is 6.98. The molecular formula is C38H25NO. The Bertz CT molecular complexity index is 2160. The van der Waals surface area contributed by atoms with E-state index in [2.05, 4.69) is 157 Å². The molecule has 0 aliphatic carbocycles. The lowest BCUT2D eigenvalue weighted by atomic mass is 9.98. The van der Waals surface area contributed by atoms with Crippen molar-refractivity contribution >= 4 is 60.5 Å². The first-order chi connectivity index (χ1) is 19.9. The van der Waals surface area contributed by atoms with Crippen molar-refractivity contribution in [2.24, 2.45) is 0 Å². The summed E-state index contributed by atoms with van der Waals surface area (Å²) in [7, 11) is 0. The van der Waals surface area contributed by atoms with Crippen molar-refractivity contribution in [2.45, 2.75) is 0 Å². The molecule has 188 valence electrons. The Balaban J connectivity index is 1.48. The van der Waals surface area contributed by atoms with E-state index in [4.69, 9.17) is 4.42 Å². The standard InChI is InChI=1S/C38H25NO/c1-3-13-26(14-4-1)29-18-11-12-22-34(29)39(28-16-5-2-6-17-28)35-25-36-37(32-21-10-9-20-31(32)35)33-24-23-27-15-7-8-19-30(27)38(33)40-36/h1-25H. The Morgan fingerprint density at radius 2 is 1.10 bits per heavy atom. The Hall–Kier alpha value is -5.34. The highest BCUT2D eigenvalue weighted by molar-refractivity contribution is 6.25. The highest BCUT2D eigenvalue weighted by Crippen LogP contribution is 2.47. The summed E-state index contributed by atoms with van der Waals surface area (Å²) in [4.78, 5) is 2.37. The number of nitrogens with zero attached hydrogens (tertiary/aromatic N) is 1. The summed E-state index contributed by atoms with van der Waals surface area (Å²) < 4.78 is 6.72. The van der Waals surface area contributed by atoms with Crippen LogP contribution in [0.3, 0.4) is 0 Å². The van der Waals surface area contributed by atoms with Crippen molar-refractivity contribution in [3.8, 4) is 11.1 Å². The zero-order valence-electron chi connectivity index (χ0n) is 21.8. The molecule has 1 aromatic heterocycles. The Kier molecular flexibility index (Phi) is 5.17. The minimum Gasteiger partial charge on any atom is -0.455 e. The Morgan fingerprint density at radius 3 is 1.93 bits per heavy atom. The molecule has 0 fully saturated rings. The molecule has 0 aliphatic heterocycles. The predicted molar refractivity (Wildman–Crippen MR) is 169 cm³/mol. The first kappa shape index (κ1) is 22.6. The normalized spacial score (nSPS) is 11.5. The summed E-state index contributed by atoms with van der Waals surface area (Å²) in [6.07, 6.45) is 0. The van der Waals surface area contributed by atoms with Crippen LogP contribution in [-0.2, 0) is 0 Å². The van der Waals surface area contributed by atoms with Crippen LogP contribution in [0.2, 0.25) is 0 Å². The van der Waals surface area contributed by atoms with Crippen LogP contribution in [0.15, 0.2) is 156 Å². The first-order valence-corrected chi connectivity index (χ1v) is 13.6. The third-order valence-electron chi connectivity index (χ3n) is 7.83. The van der Waals surface area contributed by atoms with E-state index in [9.17, 15) is 0 Å². The number of furan rings is 1. The average molecular weight is 512 g/mol. The maximum atomic E-state index is 6.72. The van der Waals surface area contributed by atoms with Gasteiger partial charge in [0.1, 0.15) is 11.2 Å². The number of benzene rings is 7. The molecule has 1 heterocycles. The van der Waals surface area contributed by atoms with E-state index < -0.39 is 0 Å². The third-order valence-corrected chi connectivity index (χ3v) is 7.83. The second-order valence-electron chi connectivity index (χ2n) is 10.1. The van der Waals surface area contributed by atoms with E-state index in [1.807, 2.05) is 0 Å².